The molecule has 2 N–H and O–H groups in total. The summed E-state index contributed by atoms with van der Waals surface area (Å²) in [5, 5.41) is 6.88. The number of hydrogen-bond donors (Lipinski definition) is 2. The van der Waals surface area contributed by atoms with Crippen LogP contribution >= 0.6 is 0 Å². The van der Waals surface area contributed by atoms with E-state index in [4.69, 9.17) is 0 Å². The fraction of sp³-hybridized carbons (Fsp3) is 0.933. The van der Waals surface area contributed by atoms with Crippen LogP contribution in [0.2, 0.25) is 0 Å². The molecule has 0 spiro atoms. The summed E-state index contributed by atoms with van der Waals surface area (Å²) < 4.78 is 11.9. The molecule has 4 nitrogen and oxygen atoms in total. The third kappa shape index (κ3) is 4.29. The van der Waals surface area contributed by atoms with Crippen molar-refractivity contribution in [1.29, 1.82) is 0 Å². The highest BCUT2D eigenvalue weighted by atomic mass is 32.2. The molecule has 0 aromatic carbocycles. The fourth-order valence-corrected chi connectivity index (χ4v) is 4.79. The topological polar surface area (TPSA) is 58.2 Å². The second-order valence-electron chi connectivity index (χ2n) is 6.24. The highest BCUT2D eigenvalue weighted by molar-refractivity contribution is 7.85. The van der Waals surface area contributed by atoms with Gasteiger partial charge in [0.05, 0.1) is 0 Å². The minimum absolute atomic E-state index is 0.156. The standard InChI is InChI=1S/C15H28N2O2S/c1-3-20(19)14-6-4-5-13(10-14)17-15(18)12-7-8-16-11(2)9-12/h11-14,16H,3-10H2,1-2H3,(H,17,18)/t11-,12-,13?,14?,20?/m0/s1. The van der Waals surface area contributed by atoms with Gasteiger partial charge >= 0.3 is 0 Å². The molecule has 5 heteroatoms. The normalized spacial score (nSPS) is 36.3. The van der Waals surface area contributed by atoms with E-state index in [9.17, 15) is 9.00 Å². The minimum Gasteiger partial charge on any atom is -0.353 e. The molecule has 1 saturated heterocycles. The van der Waals surface area contributed by atoms with Crippen molar-refractivity contribution in [2.75, 3.05) is 12.3 Å². The lowest BCUT2D eigenvalue weighted by Crippen LogP contribution is -2.47. The van der Waals surface area contributed by atoms with Crippen LogP contribution in [0.1, 0.15) is 52.4 Å². The van der Waals surface area contributed by atoms with E-state index in [0.29, 0.717) is 6.04 Å². The van der Waals surface area contributed by atoms with Gasteiger partial charge in [0.2, 0.25) is 5.91 Å². The number of rotatable bonds is 4. The van der Waals surface area contributed by atoms with Gasteiger partial charge < -0.3 is 10.6 Å². The van der Waals surface area contributed by atoms with Gasteiger partial charge in [-0.3, -0.25) is 9.00 Å². The highest BCUT2D eigenvalue weighted by Crippen LogP contribution is 2.24. The molecule has 1 aliphatic carbocycles. The molecule has 0 radical (unpaired) electrons. The lowest BCUT2D eigenvalue weighted by atomic mass is 9.90. The fourth-order valence-electron chi connectivity index (χ4n) is 3.44. The van der Waals surface area contributed by atoms with Crippen LogP contribution in [-0.4, -0.2) is 39.7 Å². The summed E-state index contributed by atoms with van der Waals surface area (Å²) in [6.45, 7) is 5.06. The van der Waals surface area contributed by atoms with Crippen molar-refractivity contribution in [2.45, 2.75) is 69.7 Å². The smallest absolute Gasteiger partial charge is 0.223 e. The van der Waals surface area contributed by atoms with Gasteiger partial charge in [0, 0.05) is 39.8 Å². The SMILES string of the molecule is CCS(=O)C1CCCC(NC(=O)[C@H]2CCN[C@@H](C)C2)C1. The molecule has 1 saturated carbocycles. The number of carbonyl (C=O) groups excluding carboxylic acids is 1. The first-order valence-electron chi connectivity index (χ1n) is 8.01. The van der Waals surface area contributed by atoms with E-state index in [-0.39, 0.29) is 23.1 Å². The Hall–Kier alpha value is -0.420. The maximum atomic E-state index is 12.3. The van der Waals surface area contributed by atoms with Gasteiger partial charge in [-0.05, 0) is 45.6 Å². The number of amides is 1. The predicted octanol–water partition coefficient (Wildman–Crippen LogP) is 1.57. The zero-order chi connectivity index (χ0) is 14.5. The molecule has 0 bridgehead atoms. The second-order valence-corrected chi connectivity index (χ2v) is 8.25. The summed E-state index contributed by atoms with van der Waals surface area (Å²) in [7, 11) is -0.721. The molecular weight excluding hydrogens is 272 g/mol. The first-order chi connectivity index (χ1) is 9.60. The minimum atomic E-state index is -0.721. The quantitative estimate of drug-likeness (QED) is 0.828. The van der Waals surface area contributed by atoms with Gasteiger partial charge in [0.1, 0.15) is 0 Å². The summed E-state index contributed by atoms with van der Waals surface area (Å²) in [5.41, 5.74) is 0. The lowest BCUT2D eigenvalue weighted by Gasteiger charge is -2.32. The maximum Gasteiger partial charge on any atom is 0.223 e. The van der Waals surface area contributed by atoms with E-state index in [2.05, 4.69) is 17.6 Å². The highest BCUT2D eigenvalue weighted by Gasteiger charge is 2.30. The molecule has 0 aromatic rings. The van der Waals surface area contributed by atoms with Gasteiger partial charge in [-0.25, -0.2) is 0 Å². The Labute approximate surface area is 124 Å². The average Bonchev–Trinajstić information content (AvgIpc) is 2.46. The van der Waals surface area contributed by atoms with E-state index < -0.39 is 10.8 Å². The molecule has 0 aromatic heterocycles. The van der Waals surface area contributed by atoms with Gasteiger partial charge in [0.15, 0.2) is 0 Å². The predicted molar refractivity (Wildman–Crippen MR) is 83.1 cm³/mol. The van der Waals surface area contributed by atoms with E-state index in [1.54, 1.807) is 0 Å². The molecule has 2 aliphatic rings. The van der Waals surface area contributed by atoms with Crippen molar-refractivity contribution in [3.8, 4) is 0 Å². The van der Waals surface area contributed by atoms with E-state index in [0.717, 1.165) is 50.8 Å². The Morgan fingerprint density at radius 3 is 2.80 bits per heavy atom. The molecule has 2 rings (SSSR count). The maximum absolute atomic E-state index is 12.3. The third-order valence-electron chi connectivity index (χ3n) is 4.62. The lowest BCUT2D eigenvalue weighted by molar-refractivity contribution is -0.127. The molecular formula is C15H28N2O2S. The Balaban J connectivity index is 1.82. The van der Waals surface area contributed by atoms with Crippen LogP contribution in [0.15, 0.2) is 0 Å². The van der Waals surface area contributed by atoms with Crippen LogP contribution in [0.25, 0.3) is 0 Å². The molecule has 3 unspecified atom stereocenters. The van der Waals surface area contributed by atoms with Gasteiger partial charge in [-0.2, -0.15) is 0 Å². The Morgan fingerprint density at radius 2 is 2.10 bits per heavy atom. The van der Waals surface area contributed by atoms with Crippen molar-refractivity contribution in [1.82, 2.24) is 10.6 Å². The zero-order valence-corrected chi connectivity index (χ0v) is 13.5. The summed E-state index contributed by atoms with van der Waals surface area (Å²) in [4.78, 5) is 12.3. The van der Waals surface area contributed by atoms with Crippen molar-refractivity contribution >= 4 is 16.7 Å². The zero-order valence-electron chi connectivity index (χ0n) is 12.7. The molecule has 20 heavy (non-hydrogen) atoms. The first kappa shape index (κ1) is 16.0. The van der Waals surface area contributed by atoms with Crippen molar-refractivity contribution in [2.24, 2.45) is 5.92 Å². The molecule has 1 amide bonds. The van der Waals surface area contributed by atoms with Crippen molar-refractivity contribution in [3.05, 3.63) is 0 Å². The van der Waals surface area contributed by atoms with Gasteiger partial charge in [-0.15, -0.1) is 0 Å². The largest absolute Gasteiger partial charge is 0.353 e. The summed E-state index contributed by atoms with van der Waals surface area (Å²) in [6, 6.07) is 0.674. The van der Waals surface area contributed by atoms with Crippen molar-refractivity contribution in [3.63, 3.8) is 0 Å². The summed E-state index contributed by atoms with van der Waals surface area (Å²) >= 11 is 0. The van der Waals surface area contributed by atoms with Crippen LogP contribution < -0.4 is 10.6 Å². The number of carbonyl (C=O) groups is 1. The Bertz CT molecular complexity index is 362. The Kier molecular flexibility index (Phi) is 6.02. The average molecular weight is 300 g/mol. The Morgan fingerprint density at radius 1 is 1.30 bits per heavy atom. The second kappa shape index (κ2) is 7.55. The third-order valence-corrected chi connectivity index (χ3v) is 6.36. The molecule has 2 fully saturated rings. The summed E-state index contributed by atoms with van der Waals surface area (Å²) in [5.74, 6) is 1.10. The first-order valence-corrected chi connectivity index (χ1v) is 9.39. The van der Waals surface area contributed by atoms with Crippen molar-refractivity contribution < 1.29 is 9.00 Å². The molecule has 5 atom stereocenters. The number of piperidine rings is 1. The molecule has 1 heterocycles. The van der Waals surface area contributed by atoms with Crippen LogP contribution in [0.4, 0.5) is 0 Å². The molecule has 1 aliphatic heterocycles. The number of hydrogen-bond acceptors (Lipinski definition) is 3. The van der Waals surface area contributed by atoms with E-state index in [1.165, 1.54) is 0 Å². The monoisotopic (exact) mass is 300 g/mol. The van der Waals surface area contributed by atoms with E-state index in [1.807, 2.05) is 6.92 Å². The van der Waals surface area contributed by atoms with Gasteiger partial charge in [0.25, 0.3) is 0 Å². The van der Waals surface area contributed by atoms with Crippen LogP contribution in [-0.2, 0) is 15.6 Å². The number of nitrogens with one attached hydrogen (secondary N) is 2. The van der Waals surface area contributed by atoms with Crippen LogP contribution in [0, 0.1) is 5.92 Å². The van der Waals surface area contributed by atoms with Crippen LogP contribution in [0.3, 0.4) is 0 Å². The summed E-state index contributed by atoms with van der Waals surface area (Å²) in [6.07, 6.45) is 5.95. The van der Waals surface area contributed by atoms with Crippen LogP contribution in [0.5, 0.6) is 0 Å². The van der Waals surface area contributed by atoms with Gasteiger partial charge in [-0.1, -0.05) is 13.3 Å². The molecule has 116 valence electrons. The van der Waals surface area contributed by atoms with E-state index >= 15 is 0 Å².